The summed E-state index contributed by atoms with van der Waals surface area (Å²) in [5, 5.41) is 18.2. The number of hydrogen-bond donors (Lipinski definition) is 2. The molecule has 0 saturated heterocycles. The van der Waals surface area contributed by atoms with Crippen LogP contribution < -0.4 is 5.32 Å². The van der Waals surface area contributed by atoms with Crippen LogP contribution in [0.5, 0.6) is 5.75 Å². The topological polar surface area (TPSA) is 92.4 Å². The third-order valence-electron chi connectivity index (χ3n) is 5.67. The number of thioether (sulfide) groups is 1. The van der Waals surface area contributed by atoms with Gasteiger partial charge < -0.3 is 10.4 Å². The number of anilines is 1. The van der Waals surface area contributed by atoms with Crippen LogP contribution in [0.15, 0.2) is 95.1 Å². The lowest BCUT2D eigenvalue weighted by Crippen LogP contribution is -2.39. The van der Waals surface area contributed by atoms with Crippen LogP contribution in [0.1, 0.15) is 24.1 Å². The lowest BCUT2D eigenvalue weighted by molar-refractivity contribution is -0.118. The molecule has 2 unspecified atom stereocenters. The normalized spacial score (nSPS) is 17.0. The van der Waals surface area contributed by atoms with Crippen molar-refractivity contribution in [3.63, 3.8) is 0 Å². The van der Waals surface area contributed by atoms with Gasteiger partial charge in [-0.15, -0.1) is 5.10 Å². The van der Waals surface area contributed by atoms with E-state index in [0.717, 1.165) is 11.3 Å². The van der Waals surface area contributed by atoms with Crippen molar-refractivity contribution in [2.24, 2.45) is 10.9 Å². The molecular formula is C26H23N5O2S. The predicted molar refractivity (Wildman–Crippen MR) is 134 cm³/mol. The van der Waals surface area contributed by atoms with Gasteiger partial charge in [0.25, 0.3) is 0 Å². The van der Waals surface area contributed by atoms with Crippen LogP contribution in [0.4, 0.5) is 11.6 Å². The average molecular weight is 470 g/mol. The van der Waals surface area contributed by atoms with Gasteiger partial charge in [0.15, 0.2) is 0 Å². The Hall–Kier alpha value is -3.91. The summed E-state index contributed by atoms with van der Waals surface area (Å²) in [6.45, 7) is 1.84. The number of fused-ring (bicyclic) bond motifs is 1. The maximum absolute atomic E-state index is 13.4. The van der Waals surface area contributed by atoms with E-state index in [1.807, 2.05) is 67.6 Å². The molecule has 5 rings (SSSR count). The van der Waals surface area contributed by atoms with E-state index in [9.17, 15) is 9.90 Å². The van der Waals surface area contributed by atoms with E-state index in [4.69, 9.17) is 5.10 Å². The van der Waals surface area contributed by atoms with E-state index in [0.29, 0.717) is 22.5 Å². The first kappa shape index (κ1) is 21.9. The van der Waals surface area contributed by atoms with Gasteiger partial charge in [-0.05, 0) is 42.3 Å². The number of carbonyl (C=O) groups is 1. The van der Waals surface area contributed by atoms with Crippen LogP contribution in [0, 0.1) is 5.92 Å². The number of aromatic nitrogens is 3. The third-order valence-corrected chi connectivity index (χ3v) is 6.58. The molecule has 1 aliphatic rings. The van der Waals surface area contributed by atoms with Crippen molar-refractivity contribution in [1.82, 2.24) is 14.8 Å². The van der Waals surface area contributed by atoms with Gasteiger partial charge in [0, 0.05) is 17.2 Å². The van der Waals surface area contributed by atoms with E-state index in [-0.39, 0.29) is 11.7 Å². The van der Waals surface area contributed by atoms with Gasteiger partial charge in [0.05, 0.1) is 6.04 Å². The van der Waals surface area contributed by atoms with Crippen molar-refractivity contribution >= 4 is 35.0 Å². The number of phenols is 1. The Bertz CT molecular complexity index is 1320. The smallest absolute Gasteiger partial charge is 0.249 e. The zero-order valence-corrected chi connectivity index (χ0v) is 19.3. The molecule has 0 saturated carbocycles. The fourth-order valence-electron chi connectivity index (χ4n) is 4.02. The summed E-state index contributed by atoms with van der Waals surface area (Å²) in [6, 6.07) is 25.9. The minimum absolute atomic E-state index is 0.160. The number of nitrogens with zero attached hydrogens (tertiary/aromatic N) is 4. The highest BCUT2D eigenvalue weighted by Gasteiger charge is 2.39. The Morgan fingerprint density at radius 1 is 1.00 bits per heavy atom. The van der Waals surface area contributed by atoms with Crippen molar-refractivity contribution in [1.29, 1.82) is 0 Å². The third kappa shape index (κ3) is 4.58. The standard InChI is InChI=1S/C26H23N5O2S/c1-17-22(24(33)28-20-10-6-3-7-11-20)23(19-12-14-21(32)15-13-19)31-25(27-17)29-26(30-31)34-16-18-8-4-2-5-9-18/h2-15,22-23,32H,16H2,1H3,(H,28,33). The zero-order valence-electron chi connectivity index (χ0n) is 18.5. The van der Waals surface area contributed by atoms with Crippen LogP contribution in [0.25, 0.3) is 0 Å². The molecular weight excluding hydrogens is 446 g/mol. The first-order valence-electron chi connectivity index (χ1n) is 10.9. The first-order valence-corrected chi connectivity index (χ1v) is 11.9. The number of para-hydroxylation sites is 1. The summed E-state index contributed by atoms with van der Waals surface area (Å²) in [7, 11) is 0. The number of nitrogens with one attached hydrogen (secondary N) is 1. The summed E-state index contributed by atoms with van der Waals surface area (Å²) in [6.07, 6.45) is 0. The highest BCUT2D eigenvalue weighted by Crippen LogP contribution is 2.38. The maximum Gasteiger partial charge on any atom is 0.249 e. The van der Waals surface area contributed by atoms with Crippen molar-refractivity contribution in [3.05, 3.63) is 96.1 Å². The monoisotopic (exact) mass is 469 g/mol. The number of rotatable bonds is 6. The van der Waals surface area contributed by atoms with Crippen molar-refractivity contribution < 1.29 is 9.90 Å². The van der Waals surface area contributed by atoms with Gasteiger partial charge in [0.2, 0.25) is 17.0 Å². The molecule has 0 aliphatic carbocycles. The van der Waals surface area contributed by atoms with Gasteiger partial charge in [-0.3, -0.25) is 4.79 Å². The van der Waals surface area contributed by atoms with E-state index in [1.165, 1.54) is 17.3 Å². The molecule has 1 aromatic heterocycles. The SMILES string of the molecule is CC1=Nc2nc(SCc3ccccc3)nn2C(c2ccc(O)cc2)C1C(=O)Nc1ccccc1. The van der Waals surface area contributed by atoms with E-state index in [2.05, 4.69) is 27.4 Å². The lowest BCUT2D eigenvalue weighted by atomic mass is 9.87. The number of hydrogen-bond acceptors (Lipinski definition) is 6. The van der Waals surface area contributed by atoms with Crippen molar-refractivity contribution in [2.75, 3.05) is 5.32 Å². The van der Waals surface area contributed by atoms with E-state index >= 15 is 0 Å². The fourth-order valence-corrected chi connectivity index (χ4v) is 4.80. The van der Waals surface area contributed by atoms with Gasteiger partial charge in [0.1, 0.15) is 11.7 Å². The molecule has 170 valence electrons. The lowest BCUT2D eigenvalue weighted by Gasteiger charge is -2.30. The second kappa shape index (κ2) is 9.52. The van der Waals surface area contributed by atoms with Crippen LogP contribution in [0.2, 0.25) is 0 Å². The summed E-state index contributed by atoms with van der Waals surface area (Å²) < 4.78 is 1.72. The Morgan fingerprint density at radius 3 is 2.38 bits per heavy atom. The molecule has 1 amide bonds. The fraction of sp³-hybridized carbons (Fsp3) is 0.154. The molecule has 1 aliphatic heterocycles. The second-order valence-electron chi connectivity index (χ2n) is 8.04. The predicted octanol–water partition coefficient (Wildman–Crippen LogP) is 5.23. The summed E-state index contributed by atoms with van der Waals surface area (Å²) >= 11 is 1.53. The van der Waals surface area contributed by atoms with Gasteiger partial charge in [-0.25, -0.2) is 9.67 Å². The molecule has 0 radical (unpaired) electrons. The molecule has 34 heavy (non-hydrogen) atoms. The Kier molecular flexibility index (Phi) is 6.14. The number of aliphatic imine (C=N–C) groups is 1. The van der Waals surface area contributed by atoms with Crippen LogP contribution in [0.3, 0.4) is 0 Å². The first-order chi connectivity index (χ1) is 16.6. The van der Waals surface area contributed by atoms with Gasteiger partial charge in [-0.1, -0.05) is 72.4 Å². The molecule has 8 heteroatoms. The van der Waals surface area contributed by atoms with Gasteiger partial charge in [-0.2, -0.15) is 4.98 Å². The average Bonchev–Trinajstić information content (AvgIpc) is 3.26. The number of amides is 1. The van der Waals surface area contributed by atoms with E-state index in [1.54, 1.807) is 16.8 Å². The highest BCUT2D eigenvalue weighted by atomic mass is 32.2. The quantitative estimate of drug-likeness (QED) is 0.378. The summed E-state index contributed by atoms with van der Waals surface area (Å²) in [5.41, 5.74) is 3.39. The number of phenolic OH excluding ortho intramolecular Hbond substituents is 1. The molecule has 0 bridgehead atoms. The molecule has 4 aromatic rings. The van der Waals surface area contributed by atoms with Gasteiger partial charge >= 0.3 is 0 Å². The summed E-state index contributed by atoms with van der Waals surface area (Å²) in [5.74, 6) is 0.591. The zero-order chi connectivity index (χ0) is 23.5. The molecule has 0 spiro atoms. The Morgan fingerprint density at radius 2 is 1.68 bits per heavy atom. The van der Waals surface area contributed by atoms with Crippen LogP contribution in [-0.2, 0) is 10.5 Å². The summed E-state index contributed by atoms with van der Waals surface area (Å²) in [4.78, 5) is 22.7. The molecule has 0 fully saturated rings. The maximum atomic E-state index is 13.4. The minimum Gasteiger partial charge on any atom is -0.508 e. The van der Waals surface area contributed by atoms with E-state index < -0.39 is 12.0 Å². The molecule has 2 atom stereocenters. The molecule has 3 aromatic carbocycles. The highest BCUT2D eigenvalue weighted by molar-refractivity contribution is 7.98. The molecule has 7 nitrogen and oxygen atoms in total. The van der Waals surface area contributed by atoms with Crippen molar-refractivity contribution in [3.8, 4) is 5.75 Å². The van der Waals surface area contributed by atoms with Crippen molar-refractivity contribution in [2.45, 2.75) is 23.9 Å². The Labute approximate surface area is 201 Å². The largest absolute Gasteiger partial charge is 0.508 e. The van der Waals surface area contributed by atoms with Crippen LogP contribution in [-0.4, -0.2) is 31.5 Å². The number of carbonyl (C=O) groups excluding carboxylic acids is 1. The second-order valence-corrected chi connectivity index (χ2v) is 8.98. The van der Waals surface area contributed by atoms with Crippen LogP contribution >= 0.6 is 11.8 Å². The molecule has 2 N–H and O–H groups in total. The molecule has 2 heterocycles. The minimum atomic E-state index is -0.592. The Balaban J connectivity index is 1.49. The number of aromatic hydroxyl groups is 1. The number of benzene rings is 3.